The molecule has 0 spiro atoms. The number of methoxy groups -OCH3 is 2. The summed E-state index contributed by atoms with van der Waals surface area (Å²) in [6, 6.07) is 15.4. The zero-order valence-electron chi connectivity index (χ0n) is 16.7. The third kappa shape index (κ3) is 4.55. The Morgan fingerprint density at radius 2 is 1.79 bits per heavy atom. The summed E-state index contributed by atoms with van der Waals surface area (Å²) < 4.78 is 16.4. The smallest absolute Gasteiger partial charge is 0.224 e. The second-order valence-corrected chi connectivity index (χ2v) is 6.68. The number of ether oxygens (including phenoxy) is 2. The minimum atomic E-state index is -0.104. The molecule has 0 aliphatic rings. The number of carbonyl (C=O) groups is 1. The second-order valence-electron chi connectivity index (χ2n) is 6.68. The van der Waals surface area contributed by atoms with Gasteiger partial charge in [0.15, 0.2) is 0 Å². The van der Waals surface area contributed by atoms with E-state index in [0.29, 0.717) is 30.0 Å². The molecule has 0 saturated heterocycles. The average Bonchev–Trinajstić information content (AvgIpc) is 3.18. The Kier molecular flexibility index (Phi) is 6.04. The van der Waals surface area contributed by atoms with Crippen LogP contribution in [0.3, 0.4) is 0 Å². The molecular weight excluding hydrogens is 354 g/mol. The molecule has 3 aromatic rings. The summed E-state index contributed by atoms with van der Waals surface area (Å²) in [7, 11) is 3.14. The van der Waals surface area contributed by atoms with Crippen molar-refractivity contribution >= 4 is 11.6 Å². The minimum absolute atomic E-state index is 0.104. The van der Waals surface area contributed by atoms with Crippen LogP contribution in [0.2, 0.25) is 0 Å². The van der Waals surface area contributed by atoms with E-state index in [-0.39, 0.29) is 5.91 Å². The molecule has 0 bridgehead atoms. The van der Waals surface area contributed by atoms with Crippen LogP contribution < -0.4 is 14.8 Å². The first-order valence-electron chi connectivity index (χ1n) is 9.18. The summed E-state index contributed by atoms with van der Waals surface area (Å²) in [6.07, 6.45) is 0.838. The summed E-state index contributed by atoms with van der Waals surface area (Å²) in [4.78, 5) is 12.3. The molecule has 1 N–H and O–H groups in total. The van der Waals surface area contributed by atoms with E-state index in [0.717, 1.165) is 17.1 Å². The largest absolute Gasteiger partial charge is 0.497 e. The first kappa shape index (κ1) is 19.5. The SMILES string of the molecule is COc1ccc(NC(=O)CCc2ccc(-c3ccc(C)c(C)c3)o2)c(OC)c1. The molecule has 0 fully saturated rings. The Labute approximate surface area is 165 Å². The zero-order chi connectivity index (χ0) is 20.1. The van der Waals surface area contributed by atoms with Crippen molar-refractivity contribution in [1.29, 1.82) is 0 Å². The Bertz CT molecular complexity index is 974. The van der Waals surface area contributed by atoms with Gasteiger partial charge in [-0.1, -0.05) is 12.1 Å². The Morgan fingerprint density at radius 1 is 0.964 bits per heavy atom. The number of rotatable bonds is 7. The van der Waals surface area contributed by atoms with Crippen molar-refractivity contribution in [3.8, 4) is 22.8 Å². The number of aryl methyl sites for hydroxylation is 3. The van der Waals surface area contributed by atoms with Crippen molar-refractivity contribution in [1.82, 2.24) is 0 Å². The number of hydrogen-bond acceptors (Lipinski definition) is 4. The van der Waals surface area contributed by atoms with Gasteiger partial charge in [0.05, 0.1) is 19.9 Å². The third-order valence-corrected chi connectivity index (χ3v) is 4.73. The van der Waals surface area contributed by atoms with Gasteiger partial charge in [0.1, 0.15) is 23.0 Å². The minimum Gasteiger partial charge on any atom is -0.497 e. The normalized spacial score (nSPS) is 10.6. The van der Waals surface area contributed by atoms with Crippen LogP contribution in [0, 0.1) is 13.8 Å². The van der Waals surface area contributed by atoms with Gasteiger partial charge in [0.2, 0.25) is 5.91 Å². The van der Waals surface area contributed by atoms with Crippen LogP contribution >= 0.6 is 0 Å². The van der Waals surface area contributed by atoms with Crippen LogP contribution in [-0.4, -0.2) is 20.1 Å². The fourth-order valence-corrected chi connectivity index (χ4v) is 2.91. The van der Waals surface area contributed by atoms with E-state index >= 15 is 0 Å². The third-order valence-electron chi connectivity index (χ3n) is 4.73. The number of amides is 1. The standard InChI is InChI=1S/C23H25NO4/c1-15-5-6-17(13-16(15)2)21-11-8-18(28-21)9-12-23(25)24-20-10-7-19(26-3)14-22(20)27-4/h5-8,10-11,13-14H,9,12H2,1-4H3,(H,24,25). The zero-order valence-corrected chi connectivity index (χ0v) is 16.7. The van der Waals surface area contributed by atoms with E-state index < -0.39 is 0 Å². The van der Waals surface area contributed by atoms with Crippen molar-refractivity contribution in [3.05, 3.63) is 65.4 Å². The van der Waals surface area contributed by atoms with Gasteiger partial charge >= 0.3 is 0 Å². The number of benzene rings is 2. The van der Waals surface area contributed by atoms with Crippen molar-refractivity contribution in [3.63, 3.8) is 0 Å². The molecule has 0 aliphatic heterocycles. The highest BCUT2D eigenvalue weighted by molar-refractivity contribution is 5.92. The fraction of sp³-hybridized carbons (Fsp3) is 0.261. The van der Waals surface area contributed by atoms with Crippen LogP contribution in [0.5, 0.6) is 11.5 Å². The van der Waals surface area contributed by atoms with Crippen LogP contribution in [0.25, 0.3) is 11.3 Å². The van der Waals surface area contributed by atoms with Crippen LogP contribution in [-0.2, 0) is 11.2 Å². The molecule has 1 heterocycles. The predicted molar refractivity (Wildman–Crippen MR) is 110 cm³/mol. The molecule has 5 heteroatoms. The summed E-state index contributed by atoms with van der Waals surface area (Å²) in [6.45, 7) is 4.17. The molecule has 2 aromatic carbocycles. The van der Waals surface area contributed by atoms with Crippen molar-refractivity contribution in [2.45, 2.75) is 26.7 Å². The number of furan rings is 1. The first-order chi connectivity index (χ1) is 13.5. The summed E-state index contributed by atoms with van der Waals surface area (Å²) >= 11 is 0. The molecule has 1 aromatic heterocycles. The predicted octanol–water partition coefficient (Wildman–Crippen LogP) is 5.15. The molecule has 0 radical (unpaired) electrons. The van der Waals surface area contributed by atoms with Gasteiger partial charge in [0.25, 0.3) is 0 Å². The highest BCUT2D eigenvalue weighted by atomic mass is 16.5. The van der Waals surface area contributed by atoms with Gasteiger partial charge < -0.3 is 19.2 Å². The van der Waals surface area contributed by atoms with Crippen molar-refractivity contribution < 1.29 is 18.7 Å². The van der Waals surface area contributed by atoms with Gasteiger partial charge in [-0.3, -0.25) is 4.79 Å². The quantitative estimate of drug-likeness (QED) is 0.616. The van der Waals surface area contributed by atoms with E-state index in [2.05, 4.69) is 31.3 Å². The maximum Gasteiger partial charge on any atom is 0.224 e. The first-order valence-corrected chi connectivity index (χ1v) is 9.18. The molecule has 0 aliphatic carbocycles. The van der Waals surface area contributed by atoms with E-state index in [1.54, 1.807) is 32.4 Å². The van der Waals surface area contributed by atoms with Crippen LogP contribution in [0.4, 0.5) is 5.69 Å². The van der Waals surface area contributed by atoms with Crippen molar-refractivity contribution in [2.75, 3.05) is 19.5 Å². The monoisotopic (exact) mass is 379 g/mol. The number of anilines is 1. The lowest BCUT2D eigenvalue weighted by atomic mass is 10.1. The van der Waals surface area contributed by atoms with Gasteiger partial charge in [-0.2, -0.15) is 0 Å². The summed E-state index contributed by atoms with van der Waals surface area (Å²) in [5.74, 6) is 2.72. The maximum atomic E-state index is 12.3. The average molecular weight is 379 g/mol. The Morgan fingerprint density at radius 3 is 2.50 bits per heavy atom. The van der Waals surface area contributed by atoms with E-state index in [9.17, 15) is 4.79 Å². The molecule has 0 atom stereocenters. The van der Waals surface area contributed by atoms with Crippen LogP contribution in [0.1, 0.15) is 23.3 Å². The highest BCUT2D eigenvalue weighted by Gasteiger charge is 2.11. The van der Waals surface area contributed by atoms with Gasteiger partial charge in [0, 0.05) is 24.5 Å². The molecular formula is C23H25NO4. The van der Waals surface area contributed by atoms with Crippen LogP contribution in [0.15, 0.2) is 52.9 Å². The number of carbonyl (C=O) groups excluding carboxylic acids is 1. The number of nitrogens with one attached hydrogen (secondary N) is 1. The highest BCUT2D eigenvalue weighted by Crippen LogP contribution is 2.29. The lowest BCUT2D eigenvalue weighted by molar-refractivity contribution is -0.116. The van der Waals surface area contributed by atoms with Crippen molar-refractivity contribution in [2.24, 2.45) is 0 Å². The molecule has 5 nitrogen and oxygen atoms in total. The topological polar surface area (TPSA) is 60.7 Å². The molecule has 3 rings (SSSR count). The van der Waals surface area contributed by atoms with E-state index in [1.165, 1.54) is 11.1 Å². The lowest BCUT2D eigenvalue weighted by Gasteiger charge is -2.11. The summed E-state index contributed by atoms with van der Waals surface area (Å²) in [5.41, 5.74) is 4.13. The Balaban J connectivity index is 1.61. The van der Waals surface area contributed by atoms with Gasteiger partial charge in [-0.15, -0.1) is 0 Å². The van der Waals surface area contributed by atoms with E-state index in [4.69, 9.17) is 13.9 Å². The molecule has 1 amide bonds. The lowest BCUT2D eigenvalue weighted by Crippen LogP contribution is -2.13. The molecule has 0 unspecified atom stereocenters. The second kappa shape index (κ2) is 8.65. The maximum absolute atomic E-state index is 12.3. The molecule has 0 saturated carbocycles. The molecule has 28 heavy (non-hydrogen) atoms. The fourth-order valence-electron chi connectivity index (χ4n) is 2.91. The van der Waals surface area contributed by atoms with E-state index in [1.807, 2.05) is 18.2 Å². The Hall–Kier alpha value is -3.21. The van der Waals surface area contributed by atoms with Gasteiger partial charge in [-0.25, -0.2) is 0 Å². The summed E-state index contributed by atoms with van der Waals surface area (Å²) in [5, 5.41) is 2.87. The molecule has 146 valence electrons. The number of hydrogen-bond donors (Lipinski definition) is 1. The van der Waals surface area contributed by atoms with Gasteiger partial charge in [-0.05, 0) is 55.3 Å².